The van der Waals surface area contributed by atoms with Crippen LogP contribution in [-0.2, 0) is 0 Å². The highest BCUT2D eigenvalue weighted by Gasteiger charge is 2.17. The van der Waals surface area contributed by atoms with Crippen LogP contribution in [0.15, 0.2) is 5.03 Å². The number of nitrogens with one attached hydrogen (secondary N) is 2. The zero-order valence-electron chi connectivity index (χ0n) is 7.27. The number of aromatic nitrogens is 1. The van der Waals surface area contributed by atoms with Crippen molar-refractivity contribution in [3.05, 3.63) is 9.39 Å². The van der Waals surface area contributed by atoms with E-state index in [1.54, 1.807) is 0 Å². The van der Waals surface area contributed by atoms with Crippen molar-refractivity contribution in [2.45, 2.75) is 10.3 Å². The Hall–Kier alpha value is -1.35. The van der Waals surface area contributed by atoms with Gasteiger partial charge in [-0.1, -0.05) is 24.0 Å². The molecule has 0 aliphatic rings. The third kappa shape index (κ3) is 2.57. The summed E-state index contributed by atoms with van der Waals surface area (Å²) in [5, 5.41) is 24.4. The zero-order chi connectivity index (χ0) is 11.4. The summed E-state index contributed by atoms with van der Waals surface area (Å²) >= 11 is 7.08. The van der Waals surface area contributed by atoms with Crippen LogP contribution in [0.5, 0.6) is 0 Å². The van der Waals surface area contributed by atoms with Crippen LogP contribution >= 0.6 is 35.5 Å². The van der Waals surface area contributed by atoms with Crippen LogP contribution in [-0.4, -0.2) is 15.5 Å². The molecule has 0 saturated heterocycles. The molecule has 0 fully saturated rings. The predicted octanol–water partition coefficient (Wildman–Crippen LogP) is 1.60. The minimum Gasteiger partial charge on any atom is -0.386 e. The zero-order valence-corrected chi connectivity index (χ0v) is 9.72. The molecular formula is C7H5N5S3. The predicted molar refractivity (Wildman–Crippen MR) is 61.4 cm³/mol. The second kappa shape index (κ2) is 4.94. The molecule has 8 heteroatoms. The van der Waals surface area contributed by atoms with E-state index in [0.29, 0.717) is 14.4 Å². The van der Waals surface area contributed by atoms with Gasteiger partial charge in [0.25, 0.3) is 0 Å². The van der Waals surface area contributed by atoms with Crippen LogP contribution in [0.3, 0.4) is 0 Å². The minimum absolute atomic E-state index is 0.239. The Bertz CT molecular complexity index is 514. The first-order chi connectivity index (χ1) is 7.10. The Labute approximate surface area is 99.2 Å². The number of rotatable bonds is 3. The average Bonchev–Trinajstić information content (AvgIpc) is 2.54. The number of nitrogens with zero attached hydrogens (tertiary/aromatic N) is 2. The van der Waals surface area contributed by atoms with Gasteiger partial charge in [-0.2, -0.15) is 10.5 Å². The Morgan fingerprint density at radius 3 is 2.80 bits per heavy atom. The van der Waals surface area contributed by atoms with Gasteiger partial charge in [0.2, 0.25) is 0 Å². The van der Waals surface area contributed by atoms with Gasteiger partial charge in [-0.25, -0.2) is 0 Å². The Morgan fingerprint density at radius 2 is 2.33 bits per heavy atom. The lowest BCUT2D eigenvalue weighted by atomic mass is 10.4. The van der Waals surface area contributed by atoms with E-state index in [1.807, 2.05) is 12.1 Å². The molecule has 1 aromatic rings. The molecule has 1 unspecified atom stereocenters. The van der Waals surface area contributed by atoms with Crippen LogP contribution in [0, 0.1) is 31.9 Å². The molecule has 1 rings (SSSR count). The average molecular weight is 255 g/mol. The summed E-state index contributed by atoms with van der Waals surface area (Å²) in [5.41, 5.74) is 5.55. The van der Waals surface area contributed by atoms with Crippen molar-refractivity contribution in [3.8, 4) is 12.1 Å². The molecule has 0 spiro atoms. The third-order valence-corrected chi connectivity index (χ3v) is 3.83. The summed E-state index contributed by atoms with van der Waals surface area (Å²) in [6, 6.07) is 3.81. The highest BCUT2D eigenvalue weighted by Crippen LogP contribution is 2.27. The molecule has 0 aromatic carbocycles. The molecule has 0 aliphatic carbocycles. The number of hydrogen-bond acceptors (Lipinski definition) is 6. The Balaban J connectivity index is 3.01. The second-order valence-electron chi connectivity index (χ2n) is 2.39. The van der Waals surface area contributed by atoms with Gasteiger partial charge >= 0.3 is 0 Å². The van der Waals surface area contributed by atoms with Gasteiger partial charge in [-0.3, -0.25) is 5.41 Å². The third-order valence-electron chi connectivity index (χ3n) is 1.41. The molecule has 1 aromatic heterocycles. The first-order valence-electron chi connectivity index (χ1n) is 3.62. The van der Waals surface area contributed by atoms with Crippen LogP contribution in [0.2, 0.25) is 0 Å². The molecule has 0 amide bonds. The Kier molecular flexibility index (Phi) is 3.86. The molecule has 1 atom stereocenters. The number of nitrogens with two attached hydrogens (primary N) is 1. The smallest absolute Gasteiger partial charge is 0.154 e. The minimum atomic E-state index is -0.794. The number of thioether (sulfide) groups is 1. The van der Waals surface area contributed by atoms with Crippen molar-refractivity contribution < 1.29 is 0 Å². The summed E-state index contributed by atoms with van der Waals surface area (Å²) in [6.45, 7) is 0. The number of nitriles is 2. The van der Waals surface area contributed by atoms with E-state index in [-0.39, 0.29) is 5.84 Å². The van der Waals surface area contributed by atoms with E-state index in [2.05, 4.69) is 4.37 Å². The molecule has 5 nitrogen and oxygen atoms in total. The van der Waals surface area contributed by atoms with Gasteiger partial charge < -0.3 is 10.1 Å². The van der Waals surface area contributed by atoms with Crippen LogP contribution in [0.25, 0.3) is 0 Å². The standard InChI is InChI=1S/C7H5N5S3/c8-1-3-6(12-15-7(3)13)14-4(2-9)5(10)11/h4,12H,(H3,10,11). The molecule has 0 aliphatic heterocycles. The lowest BCUT2D eigenvalue weighted by Crippen LogP contribution is -2.23. The van der Waals surface area contributed by atoms with Crippen molar-refractivity contribution in [2.75, 3.05) is 0 Å². The van der Waals surface area contributed by atoms with Crippen molar-refractivity contribution in [1.82, 2.24) is 4.37 Å². The van der Waals surface area contributed by atoms with E-state index < -0.39 is 5.25 Å². The molecule has 0 bridgehead atoms. The first-order valence-corrected chi connectivity index (χ1v) is 5.72. The first kappa shape index (κ1) is 11.7. The number of H-pyrrole nitrogens is 1. The molecule has 15 heavy (non-hydrogen) atoms. The summed E-state index contributed by atoms with van der Waals surface area (Å²) in [7, 11) is 0. The lowest BCUT2D eigenvalue weighted by Gasteiger charge is -2.03. The van der Waals surface area contributed by atoms with Gasteiger partial charge in [0, 0.05) is 0 Å². The largest absolute Gasteiger partial charge is 0.386 e. The molecular weight excluding hydrogens is 250 g/mol. The molecule has 4 N–H and O–H groups in total. The molecule has 0 radical (unpaired) electrons. The highest BCUT2D eigenvalue weighted by atomic mass is 32.2. The van der Waals surface area contributed by atoms with Crippen LogP contribution < -0.4 is 5.73 Å². The molecule has 1 heterocycles. The van der Waals surface area contributed by atoms with Gasteiger partial charge in [0.15, 0.2) is 5.25 Å². The normalized spacial score (nSPS) is 11.3. The van der Waals surface area contributed by atoms with Crippen LogP contribution in [0.1, 0.15) is 5.56 Å². The van der Waals surface area contributed by atoms with Gasteiger partial charge in [-0.15, -0.1) is 0 Å². The highest BCUT2D eigenvalue weighted by molar-refractivity contribution is 8.01. The van der Waals surface area contributed by atoms with Crippen molar-refractivity contribution >= 4 is 41.3 Å². The van der Waals surface area contributed by atoms with E-state index in [0.717, 1.165) is 23.3 Å². The monoisotopic (exact) mass is 255 g/mol. The fourth-order valence-electron chi connectivity index (χ4n) is 0.744. The summed E-state index contributed by atoms with van der Waals surface area (Å²) in [4.78, 5) is 0. The SMILES string of the molecule is N#Cc1c(SC(C#N)C(=N)N)[nH]sc1=S. The van der Waals surface area contributed by atoms with E-state index in [9.17, 15) is 0 Å². The number of hydrogen-bond donors (Lipinski definition) is 3. The summed E-state index contributed by atoms with van der Waals surface area (Å²) in [5.74, 6) is -0.239. The van der Waals surface area contributed by atoms with Gasteiger partial charge in [-0.05, 0) is 11.5 Å². The fraction of sp³-hybridized carbons (Fsp3) is 0.143. The topological polar surface area (TPSA) is 113 Å². The van der Waals surface area contributed by atoms with Crippen molar-refractivity contribution in [2.24, 2.45) is 5.73 Å². The number of amidine groups is 1. The van der Waals surface area contributed by atoms with E-state index >= 15 is 0 Å². The van der Waals surface area contributed by atoms with Gasteiger partial charge in [0.05, 0.1) is 6.07 Å². The fourth-order valence-corrected chi connectivity index (χ4v) is 2.68. The molecule has 0 saturated carbocycles. The van der Waals surface area contributed by atoms with Crippen molar-refractivity contribution in [3.63, 3.8) is 0 Å². The van der Waals surface area contributed by atoms with E-state index in [1.165, 1.54) is 0 Å². The maximum Gasteiger partial charge on any atom is 0.154 e. The number of aromatic amines is 1. The second-order valence-corrected chi connectivity index (χ2v) is 4.99. The summed E-state index contributed by atoms with van der Waals surface area (Å²) < 4.78 is 3.26. The van der Waals surface area contributed by atoms with Gasteiger partial charge in [0.1, 0.15) is 26.3 Å². The lowest BCUT2D eigenvalue weighted by molar-refractivity contribution is 1.23. The molecule has 76 valence electrons. The maximum atomic E-state index is 8.80. The quantitative estimate of drug-likeness (QED) is 0.328. The van der Waals surface area contributed by atoms with E-state index in [4.69, 9.17) is 33.9 Å². The summed E-state index contributed by atoms with van der Waals surface area (Å²) in [6.07, 6.45) is 0. The maximum absolute atomic E-state index is 8.80. The van der Waals surface area contributed by atoms with Crippen molar-refractivity contribution in [1.29, 1.82) is 15.9 Å². The Morgan fingerprint density at radius 1 is 1.67 bits per heavy atom. The van der Waals surface area contributed by atoms with Crippen LogP contribution in [0.4, 0.5) is 0 Å².